The Bertz CT molecular complexity index is 787. The number of anilines is 1. The molecule has 9 heteroatoms. The van der Waals surface area contributed by atoms with E-state index in [1.165, 1.54) is 34.6 Å². The summed E-state index contributed by atoms with van der Waals surface area (Å²) >= 11 is 4.06. The maximum atomic E-state index is 11.9. The first-order valence-corrected chi connectivity index (χ1v) is 9.46. The van der Waals surface area contributed by atoms with Gasteiger partial charge >= 0.3 is 0 Å². The number of aryl methyl sites for hydroxylation is 1. The Balaban J connectivity index is 1.54. The fourth-order valence-electron chi connectivity index (χ4n) is 1.70. The summed E-state index contributed by atoms with van der Waals surface area (Å²) < 4.78 is 5.09. The second-order valence-electron chi connectivity index (χ2n) is 4.44. The summed E-state index contributed by atoms with van der Waals surface area (Å²) in [5, 5.41) is 12.1. The normalized spacial score (nSPS) is 10.7. The number of rotatable bonds is 6. The fraction of sp³-hybridized carbons (Fsp3) is 0.214. The van der Waals surface area contributed by atoms with Crippen LogP contribution in [0.5, 0.6) is 0 Å². The Hall–Kier alpha value is -1.84. The van der Waals surface area contributed by atoms with Crippen LogP contribution in [-0.2, 0) is 11.2 Å². The molecule has 0 bridgehead atoms. The van der Waals surface area contributed by atoms with Gasteiger partial charge < -0.3 is 0 Å². The number of benzene rings is 1. The lowest BCUT2D eigenvalue weighted by Gasteiger charge is -1.98. The largest absolute Gasteiger partial charge is 0.300 e. The van der Waals surface area contributed by atoms with E-state index in [1.54, 1.807) is 0 Å². The molecule has 3 aromatic rings. The number of thioether (sulfide) groups is 1. The topological polar surface area (TPSA) is 80.7 Å². The Kier molecular flexibility index (Phi) is 5.31. The molecule has 0 saturated carbocycles. The Morgan fingerprint density at radius 2 is 2.09 bits per heavy atom. The summed E-state index contributed by atoms with van der Waals surface area (Å²) in [6.45, 7) is 2.00. The molecule has 0 saturated heterocycles. The van der Waals surface area contributed by atoms with Gasteiger partial charge in [-0.05, 0) is 18.0 Å². The van der Waals surface area contributed by atoms with Crippen LogP contribution < -0.4 is 5.32 Å². The van der Waals surface area contributed by atoms with Gasteiger partial charge in [0.15, 0.2) is 10.2 Å². The average Bonchev–Trinajstić information content (AvgIpc) is 3.23. The highest BCUT2D eigenvalue weighted by atomic mass is 32.2. The number of carbonyl (C=O) groups excluding carboxylic acids is 1. The van der Waals surface area contributed by atoms with Gasteiger partial charge in [-0.25, -0.2) is 4.98 Å². The van der Waals surface area contributed by atoms with E-state index in [0.29, 0.717) is 11.0 Å². The van der Waals surface area contributed by atoms with Crippen molar-refractivity contribution in [2.24, 2.45) is 0 Å². The minimum absolute atomic E-state index is 0.120. The average molecular weight is 363 g/mol. The van der Waals surface area contributed by atoms with Crippen molar-refractivity contribution in [1.82, 2.24) is 19.6 Å². The monoisotopic (exact) mass is 363 g/mol. The number of carbonyl (C=O) groups is 1. The quantitative estimate of drug-likeness (QED) is 0.677. The minimum atomic E-state index is -0.120. The van der Waals surface area contributed by atoms with Gasteiger partial charge in [0.05, 0.1) is 5.75 Å². The second-order valence-corrected chi connectivity index (χ2v) is 7.48. The van der Waals surface area contributed by atoms with Crippen LogP contribution in [0.2, 0.25) is 0 Å². The van der Waals surface area contributed by atoms with E-state index in [4.69, 9.17) is 0 Å². The van der Waals surface area contributed by atoms with Crippen molar-refractivity contribution < 1.29 is 4.79 Å². The number of nitrogens with zero attached hydrogens (tertiary/aromatic N) is 4. The minimum Gasteiger partial charge on any atom is -0.300 e. The van der Waals surface area contributed by atoms with Crippen LogP contribution in [0.3, 0.4) is 0 Å². The molecule has 1 aromatic carbocycles. The fourth-order valence-corrected chi connectivity index (χ4v) is 3.81. The lowest BCUT2D eigenvalue weighted by Crippen LogP contribution is -2.13. The maximum absolute atomic E-state index is 11.9. The molecule has 118 valence electrons. The molecule has 0 unspecified atom stereocenters. The molecule has 0 spiro atoms. The van der Waals surface area contributed by atoms with Gasteiger partial charge in [-0.2, -0.15) is 4.37 Å². The van der Waals surface area contributed by atoms with Crippen LogP contribution >= 0.6 is 34.6 Å². The number of aromatic nitrogens is 4. The van der Waals surface area contributed by atoms with Crippen molar-refractivity contribution >= 4 is 45.7 Å². The molecular weight excluding hydrogens is 350 g/mol. The molecular formula is C14H13N5OS3. The maximum Gasteiger partial charge on any atom is 0.236 e. The summed E-state index contributed by atoms with van der Waals surface area (Å²) in [7, 11) is 0. The first-order chi connectivity index (χ1) is 11.2. The van der Waals surface area contributed by atoms with Crippen molar-refractivity contribution in [3.8, 4) is 11.4 Å². The van der Waals surface area contributed by atoms with Crippen LogP contribution in [0.25, 0.3) is 11.4 Å². The van der Waals surface area contributed by atoms with E-state index >= 15 is 0 Å². The Labute approximate surface area is 145 Å². The SMILES string of the molecule is CCc1nnc(NC(=O)CSc2nc(-c3ccccc3)ns2)s1. The number of hydrogen-bond acceptors (Lipinski definition) is 8. The summed E-state index contributed by atoms with van der Waals surface area (Å²) in [4.78, 5) is 16.4. The first kappa shape index (κ1) is 16.0. The van der Waals surface area contributed by atoms with Crippen molar-refractivity contribution in [3.63, 3.8) is 0 Å². The van der Waals surface area contributed by atoms with Crippen molar-refractivity contribution in [1.29, 1.82) is 0 Å². The highest BCUT2D eigenvalue weighted by Crippen LogP contribution is 2.25. The van der Waals surface area contributed by atoms with Crippen LogP contribution in [-0.4, -0.2) is 31.2 Å². The summed E-state index contributed by atoms with van der Waals surface area (Å²) in [5.41, 5.74) is 0.973. The molecule has 0 aliphatic carbocycles. The zero-order chi connectivity index (χ0) is 16.1. The van der Waals surface area contributed by atoms with Gasteiger partial charge in [0.1, 0.15) is 5.01 Å². The molecule has 6 nitrogen and oxygen atoms in total. The van der Waals surface area contributed by atoms with Crippen molar-refractivity contribution in [2.75, 3.05) is 11.1 Å². The van der Waals surface area contributed by atoms with Gasteiger partial charge in [-0.15, -0.1) is 10.2 Å². The molecule has 0 aliphatic rings. The van der Waals surface area contributed by atoms with Gasteiger partial charge in [0.25, 0.3) is 0 Å². The Morgan fingerprint density at radius 1 is 1.26 bits per heavy atom. The van der Waals surface area contributed by atoms with E-state index in [1.807, 2.05) is 37.3 Å². The molecule has 3 rings (SSSR count). The van der Waals surface area contributed by atoms with Crippen LogP contribution in [0, 0.1) is 0 Å². The smallest absolute Gasteiger partial charge is 0.236 e. The molecule has 2 heterocycles. The van der Waals surface area contributed by atoms with E-state index in [9.17, 15) is 4.79 Å². The highest BCUT2D eigenvalue weighted by Gasteiger charge is 2.11. The lowest BCUT2D eigenvalue weighted by molar-refractivity contribution is -0.113. The third-order valence-corrected chi connectivity index (χ3v) is 5.60. The predicted molar refractivity (Wildman–Crippen MR) is 94.0 cm³/mol. The summed E-state index contributed by atoms with van der Waals surface area (Å²) in [6, 6.07) is 9.77. The Morgan fingerprint density at radius 3 is 2.83 bits per heavy atom. The standard InChI is InChI=1S/C14H13N5OS3/c1-2-11-17-18-13(22-11)15-10(20)8-21-14-16-12(19-23-14)9-6-4-3-5-7-9/h3-7H,2,8H2,1H3,(H,15,18,20). The van der Waals surface area contributed by atoms with Gasteiger partial charge in [0.2, 0.25) is 11.0 Å². The predicted octanol–water partition coefficient (Wildman–Crippen LogP) is 3.35. The zero-order valence-corrected chi connectivity index (χ0v) is 14.7. The summed E-state index contributed by atoms with van der Waals surface area (Å²) in [5.74, 6) is 0.838. The van der Waals surface area contributed by atoms with Crippen LogP contribution in [0.1, 0.15) is 11.9 Å². The third kappa shape index (κ3) is 4.34. The van der Waals surface area contributed by atoms with Crippen molar-refractivity contribution in [2.45, 2.75) is 17.7 Å². The van der Waals surface area contributed by atoms with Crippen LogP contribution in [0.15, 0.2) is 34.7 Å². The molecule has 2 aromatic heterocycles. The van der Waals surface area contributed by atoms with Crippen molar-refractivity contribution in [3.05, 3.63) is 35.3 Å². The van der Waals surface area contributed by atoms with Crippen LogP contribution in [0.4, 0.5) is 5.13 Å². The second kappa shape index (κ2) is 7.62. The molecule has 23 heavy (non-hydrogen) atoms. The summed E-state index contributed by atoms with van der Waals surface area (Å²) in [6.07, 6.45) is 0.815. The molecule has 1 amide bonds. The first-order valence-electron chi connectivity index (χ1n) is 6.88. The van der Waals surface area contributed by atoms with Gasteiger partial charge in [-0.3, -0.25) is 10.1 Å². The molecule has 1 N–H and O–H groups in total. The lowest BCUT2D eigenvalue weighted by atomic mass is 10.2. The molecule has 0 atom stereocenters. The number of nitrogens with one attached hydrogen (secondary N) is 1. The van der Waals surface area contributed by atoms with E-state index < -0.39 is 0 Å². The highest BCUT2D eigenvalue weighted by molar-refractivity contribution is 8.01. The number of hydrogen-bond donors (Lipinski definition) is 1. The zero-order valence-electron chi connectivity index (χ0n) is 12.2. The van der Waals surface area contributed by atoms with Gasteiger partial charge in [-0.1, -0.05) is 60.4 Å². The molecule has 0 radical (unpaired) electrons. The van der Waals surface area contributed by atoms with Gasteiger partial charge in [0, 0.05) is 5.56 Å². The van der Waals surface area contributed by atoms with E-state index in [-0.39, 0.29) is 11.7 Å². The number of amides is 1. The molecule has 0 aliphatic heterocycles. The third-order valence-electron chi connectivity index (χ3n) is 2.78. The van der Waals surface area contributed by atoms with E-state index in [2.05, 4.69) is 24.9 Å². The van der Waals surface area contributed by atoms with E-state index in [0.717, 1.165) is 21.3 Å². The molecule has 0 fully saturated rings.